The normalized spacial score (nSPS) is 10.4. The Labute approximate surface area is 78.3 Å². The van der Waals surface area contributed by atoms with Crippen LogP contribution in [0.15, 0.2) is 18.2 Å². The number of rotatable bonds is 3. The maximum absolute atomic E-state index is 12.8. The van der Waals surface area contributed by atoms with E-state index in [1.807, 2.05) is 0 Å². The summed E-state index contributed by atoms with van der Waals surface area (Å²) in [5, 5.41) is 0. The molecule has 14 heavy (non-hydrogen) atoms. The third-order valence-corrected chi connectivity index (χ3v) is 1.50. The van der Waals surface area contributed by atoms with Gasteiger partial charge in [-0.1, -0.05) is 0 Å². The highest BCUT2D eigenvalue weighted by Crippen LogP contribution is 2.18. The van der Waals surface area contributed by atoms with Gasteiger partial charge in [-0.15, -0.1) is 0 Å². The van der Waals surface area contributed by atoms with Crippen LogP contribution in [0, 0.1) is 5.82 Å². The molecule has 0 aliphatic heterocycles. The van der Waals surface area contributed by atoms with Crippen LogP contribution in [0.2, 0.25) is 0 Å². The molecule has 0 aliphatic carbocycles. The van der Waals surface area contributed by atoms with E-state index in [4.69, 9.17) is 0 Å². The van der Waals surface area contributed by atoms with E-state index < -0.39 is 18.2 Å². The van der Waals surface area contributed by atoms with Crippen molar-refractivity contribution in [1.29, 1.82) is 0 Å². The molecule has 0 amide bonds. The van der Waals surface area contributed by atoms with Crippen molar-refractivity contribution in [2.24, 2.45) is 0 Å². The highest BCUT2D eigenvalue weighted by Gasteiger charge is 2.09. The van der Waals surface area contributed by atoms with E-state index in [1.165, 1.54) is 6.92 Å². The SMILES string of the molecule is CC(=O)c1cc(F)cc(OC(F)F)c1. The predicted octanol–water partition coefficient (Wildman–Crippen LogP) is 2.63. The van der Waals surface area contributed by atoms with Crippen LogP contribution in [0.4, 0.5) is 13.2 Å². The molecular weight excluding hydrogens is 197 g/mol. The largest absolute Gasteiger partial charge is 0.435 e. The van der Waals surface area contributed by atoms with Crippen LogP contribution in [0.3, 0.4) is 0 Å². The average molecular weight is 204 g/mol. The zero-order valence-electron chi connectivity index (χ0n) is 7.26. The van der Waals surface area contributed by atoms with Crippen LogP contribution in [0.5, 0.6) is 5.75 Å². The zero-order chi connectivity index (χ0) is 10.7. The Morgan fingerprint density at radius 1 is 1.36 bits per heavy atom. The molecule has 76 valence electrons. The van der Waals surface area contributed by atoms with E-state index in [1.54, 1.807) is 0 Å². The van der Waals surface area contributed by atoms with Crippen molar-refractivity contribution in [2.75, 3.05) is 0 Å². The van der Waals surface area contributed by atoms with Gasteiger partial charge in [-0.3, -0.25) is 4.79 Å². The van der Waals surface area contributed by atoms with Crippen molar-refractivity contribution >= 4 is 5.78 Å². The van der Waals surface area contributed by atoms with Crippen LogP contribution in [-0.2, 0) is 0 Å². The maximum atomic E-state index is 12.8. The number of hydrogen-bond donors (Lipinski definition) is 0. The molecule has 1 aromatic rings. The van der Waals surface area contributed by atoms with E-state index in [2.05, 4.69) is 4.74 Å². The molecule has 0 fully saturated rings. The molecule has 1 aromatic carbocycles. The molecule has 0 saturated carbocycles. The first kappa shape index (κ1) is 10.6. The lowest BCUT2D eigenvalue weighted by molar-refractivity contribution is -0.0500. The van der Waals surface area contributed by atoms with Gasteiger partial charge in [-0.05, 0) is 19.1 Å². The van der Waals surface area contributed by atoms with Gasteiger partial charge in [0.2, 0.25) is 0 Å². The van der Waals surface area contributed by atoms with Gasteiger partial charge in [0.05, 0.1) is 0 Å². The molecule has 0 spiro atoms. The summed E-state index contributed by atoms with van der Waals surface area (Å²) < 4.78 is 40.2. The van der Waals surface area contributed by atoms with Crippen molar-refractivity contribution in [2.45, 2.75) is 13.5 Å². The lowest BCUT2D eigenvalue weighted by Gasteiger charge is -2.05. The van der Waals surface area contributed by atoms with Crippen molar-refractivity contribution in [3.63, 3.8) is 0 Å². The third kappa shape index (κ3) is 2.76. The fourth-order valence-corrected chi connectivity index (χ4v) is 0.937. The van der Waals surface area contributed by atoms with Crippen molar-refractivity contribution in [3.8, 4) is 5.75 Å². The lowest BCUT2D eigenvalue weighted by atomic mass is 10.1. The number of Topliss-reactive ketones (excluding diaryl/α,β-unsaturated/α-hetero) is 1. The van der Waals surface area contributed by atoms with E-state index in [-0.39, 0.29) is 11.3 Å². The number of benzene rings is 1. The highest BCUT2D eigenvalue weighted by atomic mass is 19.3. The Kier molecular flexibility index (Phi) is 3.11. The Balaban J connectivity index is 3.01. The van der Waals surface area contributed by atoms with Gasteiger partial charge >= 0.3 is 6.61 Å². The predicted molar refractivity (Wildman–Crippen MR) is 43.0 cm³/mol. The first-order valence-electron chi connectivity index (χ1n) is 3.75. The van der Waals surface area contributed by atoms with Gasteiger partial charge in [-0.25, -0.2) is 4.39 Å². The molecule has 2 nitrogen and oxygen atoms in total. The zero-order valence-corrected chi connectivity index (χ0v) is 7.26. The quantitative estimate of drug-likeness (QED) is 0.707. The monoisotopic (exact) mass is 204 g/mol. The first-order valence-corrected chi connectivity index (χ1v) is 3.75. The Bertz CT molecular complexity index is 350. The van der Waals surface area contributed by atoms with Gasteiger partial charge in [0.15, 0.2) is 5.78 Å². The standard InChI is InChI=1S/C9H7F3O2/c1-5(13)6-2-7(10)4-8(3-6)14-9(11)12/h2-4,9H,1H3. The summed E-state index contributed by atoms with van der Waals surface area (Å²) in [4.78, 5) is 10.8. The second kappa shape index (κ2) is 4.13. The molecule has 0 aromatic heterocycles. The molecule has 0 heterocycles. The number of ether oxygens (including phenoxy) is 1. The van der Waals surface area contributed by atoms with Crippen molar-refractivity contribution < 1.29 is 22.7 Å². The molecular formula is C9H7F3O2. The summed E-state index contributed by atoms with van der Waals surface area (Å²) >= 11 is 0. The molecule has 0 bridgehead atoms. The van der Waals surface area contributed by atoms with Gasteiger partial charge < -0.3 is 4.74 Å². The Hall–Kier alpha value is -1.52. The van der Waals surface area contributed by atoms with Crippen molar-refractivity contribution in [3.05, 3.63) is 29.6 Å². The van der Waals surface area contributed by atoms with Gasteiger partial charge in [0, 0.05) is 11.6 Å². The molecule has 0 saturated heterocycles. The number of carbonyl (C=O) groups excluding carboxylic acids is 1. The minimum absolute atomic E-state index is 0.000602. The minimum Gasteiger partial charge on any atom is -0.435 e. The van der Waals surface area contributed by atoms with Crippen LogP contribution < -0.4 is 4.74 Å². The maximum Gasteiger partial charge on any atom is 0.387 e. The number of ketones is 1. The number of alkyl halides is 2. The smallest absolute Gasteiger partial charge is 0.387 e. The second-order valence-corrected chi connectivity index (χ2v) is 2.61. The molecule has 5 heteroatoms. The van der Waals surface area contributed by atoms with Gasteiger partial charge in [0.25, 0.3) is 0 Å². The summed E-state index contributed by atoms with van der Waals surface area (Å²) in [5.41, 5.74) is 0.000602. The summed E-state index contributed by atoms with van der Waals surface area (Å²) in [6.45, 7) is -1.82. The van der Waals surface area contributed by atoms with Crippen LogP contribution in [0.25, 0.3) is 0 Å². The van der Waals surface area contributed by atoms with E-state index in [0.29, 0.717) is 0 Å². The van der Waals surface area contributed by atoms with Crippen LogP contribution in [-0.4, -0.2) is 12.4 Å². The first-order chi connectivity index (χ1) is 6.49. The topological polar surface area (TPSA) is 26.3 Å². The fraction of sp³-hybridized carbons (Fsp3) is 0.222. The third-order valence-electron chi connectivity index (χ3n) is 1.50. The summed E-state index contributed by atoms with van der Waals surface area (Å²) in [5.74, 6) is -1.55. The van der Waals surface area contributed by atoms with Crippen molar-refractivity contribution in [1.82, 2.24) is 0 Å². The van der Waals surface area contributed by atoms with E-state index >= 15 is 0 Å². The Morgan fingerprint density at radius 2 is 2.00 bits per heavy atom. The van der Waals surface area contributed by atoms with Crippen LogP contribution >= 0.6 is 0 Å². The molecule has 0 radical (unpaired) electrons. The number of carbonyl (C=O) groups is 1. The number of hydrogen-bond acceptors (Lipinski definition) is 2. The summed E-state index contributed by atoms with van der Waals surface area (Å²) in [7, 11) is 0. The molecule has 1 rings (SSSR count). The highest BCUT2D eigenvalue weighted by molar-refractivity contribution is 5.94. The molecule has 0 unspecified atom stereocenters. The van der Waals surface area contributed by atoms with Gasteiger partial charge in [0.1, 0.15) is 11.6 Å². The summed E-state index contributed by atoms with van der Waals surface area (Å²) in [6.07, 6.45) is 0. The average Bonchev–Trinajstić information content (AvgIpc) is 2.01. The van der Waals surface area contributed by atoms with Gasteiger partial charge in [-0.2, -0.15) is 8.78 Å². The minimum atomic E-state index is -3.03. The summed E-state index contributed by atoms with van der Waals surface area (Å²) in [6, 6.07) is 2.82. The fourth-order valence-electron chi connectivity index (χ4n) is 0.937. The Morgan fingerprint density at radius 3 is 2.50 bits per heavy atom. The molecule has 0 N–H and O–H groups in total. The van der Waals surface area contributed by atoms with Crippen LogP contribution in [0.1, 0.15) is 17.3 Å². The molecule has 0 atom stereocenters. The van der Waals surface area contributed by atoms with E-state index in [0.717, 1.165) is 18.2 Å². The van der Waals surface area contributed by atoms with E-state index in [9.17, 15) is 18.0 Å². The lowest BCUT2D eigenvalue weighted by Crippen LogP contribution is -2.03. The number of halogens is 3. The second-order valence-electron chi connectivity index (χ2n) is 2.61. The molecule has 0 aliphatic rings.